The lowest BCUT2D eigenvalue weighted by atomic mass is 9.79. The van der Waals surface area contributed by atoms with Gasteiger partial charge in [0.1, 0.15) is 0 Å². The highest BCUT2D eigenvalue weighted by Crippen LogP contribution is 2.31. The molecule has 0 radical (unpaired) electrons. The van der Waals surface area contributed by atoms with Crippen LogP contribution in [0.1, 0.15) is 41.6 Å². The Balaban J connectivity index is 1.79. The number of hydrogen-bond donors (Lipinski definition) is 1. The van der Waals surface area contributed by atoms with Crippen molar-refractivity contribution in [2.75, 3.05) is 13.2 Å². The Morgan fingerprint density at radius 1 is 1.10 bits per heavy atom. The van der Waals surface area contributed by atoms with Gasteiger partial charge in [-0.3, -0.25) is 14.5 Å². The molecule has 0 saturated heterocycles. The van der Waals surface area contributed by atoms with E-state index in [1.807, 2.05) is 18.2 Å². The Morgan fingerprint density at radius 3 is 2.57 bits per heavy atom. The molecule has 112 valence electrons. The number of amides is 2. The molecule has 3 rings (SSSR count). The Bertz CT molecular complexity index is 555. The normalized spacial score (nSPS) is 25.9. The number of benzene rings is 1. The van der Waals surface area contributed by atoms with Crippen LogP contribution in [-0.4, -0.2) is 35.0 Å². The molecule has 2 amide bonds. The summed E-state index contributed by atoms with van der Waals surface area (Å²) in [6, 6.07) is 7.33. The van der Waals surface area contributed by atoms with Gasteiger partial charge in [0.25, 0.3) is 5.91 Å². The first-order valence-electron chi connectivity index (χ1n) is 7.74. The monoisotopic (exact) mass is 287 g/mol. The van der Waals surface area contributed by atoms with Gasteiger partial charge in [0.15, 0.2) is 0 Å². The third kappa shape index (κ3) is 2.72. The fourth-order valence-electron chi connectivity index (χ4n) is 3.58. The zero-order valence-electron chi connectivity index (χ0n) is 12.1. The zero-order valence-corrected chi connectivity index (χ0v) is 12.1. The third-order valence-corrected chi connectivity index (χ3v) is 4.85. The molecule has 1 saturated carbocycles. The SMILES string of the molecule is O=C1Cc2ccccc2C(=O)N1CC1CCCCC1CO. The number of imide groups is 1. The molecule has 0 bridgehead atoms. The average molecular weight is 287 g/mol. The highest BCUT2D eigenvalue weighted by Gasteiger charge is 2.34. The van der Waals surface area contributed by atoms with Gasteiger partial charge in [-0.25, -0.2) is 0 Å². The van der Waals surface area contributed by atoms with E-state index in [1.54, 1.807) is 6.07 Å². The average Bonchev–Trinajstić information content (AvgIpc) is 2.52. The number of hydrogen-bond acceptors (Lipinski definition) is 3. The molecule has 0 aromatic heterocycles. The molecule has 4 heteroatoms. The lowest BCUT2D eigenvalue weighted by Crippen LogP contribution is -2.46. The van der Waals surface area contributed by atoms with E-state index >= 15 is 0 Å². The van der Waals surface area contributed by atoms with Gasteiger partial charge in [0.05, 0.1) is 6.42 Å². The number of fused-ring (bicyclic) bond motifs is 1. The molecular weight excluding hydrogens is 266 g/mol. The second kappa shape index (κ2) is 5.98. The minimum atomic E-state index is -0.177. The number of nitrogens with zero attached hydrogens (tertiary/aromatic N) is 1. The van der Waals surface area contributed by atoms with Crippen molar-refractivity contribution >= 4 is 11.8 Å². The van der Waals surface area contributed by atoms with Crippen molar-refractivity contribution in [3.63, 3.8) is 0 Å². The van der Waals surface area contributed by atoms with E-state index in [0.29, 0.717) is 18.5 Å². The van der Waals surface area contributed by atoms with Crippen molar-refractivity contribution in [1.82, 2.24) is 4.90 Å². The lowest BCUT2D eigenvalue weighted by molar-refractivity contribution is -0.129. The molecular formula is C17H21NO3. The molecule has 1 aliphatic heterocycles. The van der Waals surface area contributed by atoms with Crippen LogP contribution in [0.3, 0.4) is 0 Å². The molecule has 2 atom stereocenters. The summed E-state index contributed by atoms with van der Waals surface area (Å²) in [5, 5.41) is 9.49. The molecule has 21 heavy (non-hydrogen) atoms. The molecule has 4 nitrogen and oxygen atoms in total. The van der Waals surface area contributed by atoms with Crippen molar-refractivity contribution in [3.8, 4) is 0 Å². The summed E-state index contributed by atoms with van der Waals surface area (Å²) < 4.78 is 0. The van der Waals surface area contributed by atoms with Crippen LogP contribution in [0.2, 0.25) is 0 Å². The van der Waals surface area contributed by atoms with E-state index in [2.05, 4.69) is 0 Å². The highest BCUT2D eigenvalue weighted by atomic mass is 16.3. The van der Waals surface area contributed by atoms with Crippen molar-refractivity contribution in [2.45, 2.75) is 32.1 Å². The maximum Gasteiger partial charge on any atom is 0.260 e. The van der Waals surface area contributed by atoms with Crippen LogP contribution >= 0.6 is 0 Å². The summed E-state index contributed by atoms with van der Waals surface area (Å²) in [5.41, 5.74) is 1.47. The quantitative estimate of drug-likeness (QED) is 0.865. The first kappa shape index (κ1) is 14.3. The Hall–Kier alpha value is -1.68. The number of rotatable bonds is 3. The summed E-state index contributed by atoms with van der Waals surface area (Å²) >= 11 is 0. The van der Waals surface area contributed by atoms with Gasteiger partial charge in [-0.1, -0.05) is 31.0 Å². The number of carbonyl (C=O) groups is 2. The Kier molecular flexibility index (Phi) is 4.06. The smallest absolute Gasteiger partial charge is 0.260 e. The van der Waals surface area contributed by atoms with Crippen LogP contribution < -0.4 is 0 Å². The topological polar surface area (TPSA) is 57.6 Å². The van der Waals surface area contributed by atoms with Crippen LogP contribution in [0.4, 0.5) is 0 Å². The Morgan fingerprint density at radius 2 is 1.81 bits per heavy atom. The molecule has 1 N–H and O–H groups in total. The number of aliphatic hydroxyl groups is 1. The highest BCUT2D eigenvalue weighted by molar-refractivity contribution is 6.09. The fraction of sp³-hybridized carbons (Fsp3) is 0.529. The van der Waals surface area contributed by atoms with E-state index in [-0.39, 0.29) is 30.3 Å². The van der Waals surface area contributed by atoms with Crippen molar-refractivity contribution in [1.29, 1.82) is 0 Å². The predicted molar refractivity (Wildman–Crippen MR) is 78.7 cm³/mol. The minimum Gasteiger partial charge on any atom is -0.396 e. The van der Waals surface area contributed by atoms with Gasteiger partial charge in [-0.05, 0) is 36.3 Å². The number of aliphatic hydroxyl groups excluding tert-OH is 1. The van der Waals surface area contributed by atoms with Gasteiger partial charge in [-0.2, -0.15) is 0 Å². The van der Waals surface area contributed by atoms with Gasteiger partial charge >= 0.3 is 0 Å². The fourth-order valence-corrected chi connectivity index (χ4v) is 3.58. The van der Waals surface area contributed by atoms with E-state index in [1.165, 1.54) is 4.90 Å². The third-order valence-electron chi connectivity index (χ3n) is 4.85. The van der Waals surface area contributed by atoms with E-state index in [4.69, 9.17) is 0 Å². The van der Waals surface area contributed by atoms with E-state index < -0.39 is 0 Å². The first-order valence-corrected chi connectivity index (χ1v) is 7.74. The second-order valence-electron chi connectivity index (χ2n) is 6.13. The minimum absolute atomic E-state index is 0.110. The first-order chi connectivity index (χ1) is 10.2. The second-order valence-corrected chi connectivity index (χ2v) is 6.13. The molecule has 0 spiro atoms. The summed E-state index contributed by atoms with van der Waals surface area (Å²) in [7, 11) is 0. The number of carbonyl (C=O) groups excluding carboxylic acids is 2. The molecule has 2 unspecified atom stereocenters. The van der Waals surface area contributed by atoms with Crippen molar-refractivity contribution < 1.29 is 14.7 Å². The summed E-state index contributed by atoms with van der Waals surface area (Å²) in [4.78, 5) is 26.2. The maximum absolute atomic E-state index is 12.5. The maximum atomic E-state index is 12.5. The van der Waals surface area contributed by atoms with Crippen molar-refractivity contribution in [2.24, 2.45) is 11.8 Å². The van der Waals surface area contributed by atoms with Crippen LogP contribution in [0.25, 0.3) is 0 Å². The molecule has 1 aliphatic carbocycles. The van der Waals surface area contributed by atoms with Gasteiger partial charge in [0.2, 0.25) is 5.91 Å². The summed E-state index contributed by atoms with van der Waals surface area (Å²) in [6.45, 7) is 0.606. The summed E-state index contributed by atoms with van der Waals surface area (Å²) in [6.07, 6.45) is 4.54. The van der Waals surface area contributed by atoms with Crippen LogP contribution in [-0.2, 0) is 11.2 Å². The molecule has 1 aromatic carbocycles. The molecule has 1 aromatic rings. The van der Waals surface area contributed by atoms with E-state index in [9.17, 15) is 14.7 Å². The van der Waals surface area contributed by atoms with E-state index in [0.717, 1.165) is 31.2 Å². The summed E-state index contributed by atoms with van der Waals surface area (Å²) in [5.74, 6) is 0.170. The van der Waals surface area contributed by atoms with Crippen LogP contribution in [0.15, 0.2) is 24.3 Å². The van der Waals surface area contributed by atoms with Crippen LogP contribution in [0.5, 0.6) is 0 Å². The zero-order chi connectivity index (χ0) is 14.8. The van der Waals surface area contributed by atoms with Gasteiger partial charge in [0, 0.05) is 18.7 Å². The molecule has 2 aliphatic rings. The Labute approximate surface area is 124 Å². The molecule has 1 fully saturated rings. The molecule has 1 heterocycles. The van der Waals surface area contributed by atoms with Crippen molar-refractivity contribution in [3.05, 3.63) is 35.4 Å². The lowest BCUT2D eigenvalue weighted by Gasteiger charge is -2.35. The largest absolute Gasteiger partial charge is 0.396 e. The van der Waals surface area contributed by atoms with Gasteiger partial charge < -0.3 is 5.11 Å². The standard InChI is InChI=1S/C17H21NO3/c19-11-14-7-2-1-6-13(14)10-18-16(20)9-12-5-3-4-8-15(12)17(18)21/h3-5,8,13-14,19H,1-2,6-7,9-11H2. The van der Waals surface area contributed by atoms with Crippen LogP contribution in [0, 0.1) is 11.8 Å². The van der Waals surface area contributed by atoms with Gasteiger partial charge in [-0.15, -0.1) is 0 Å². The predicted octanol–water partition coefficient (Wildman–Crippen LogP) is 2.01.